The molecule has 0 aliphatic rings. The van der Waals surface area contributed by atoms with E-state index in [0.29, 0.717) is 17.7 Å². The molecule has 0 aliphatic heterocycles. The molecule has 0 aliphatic carbocycles. The number of aromatic nitrogens is 2. The second kappa shape index (κ2) is 9.73. The average molecular weight is 387 g/mol. The summed E-state index contributed by atoms with van der Waals surface area (Å²) in [6.07, 6.45) is 5.48. The van der Waals surface area contributed by atoms with E-state index in [9.17, 15) is 9.59 Å². The number of nitrogens with zero attached hydrogens (tertiary/aromatic N) is 2. The van der Waals surface area contributed by atoms with E-state index < -0.39 is 0 Å². The number of ketones is 1. The molecule has 3 rings (SSSR count). The fourth-order valence-corrected chi connectivity index (χ4v) is 3.24. The van der Waals surface area contributed by atoms with E-state index in [0.717, 1.165) is 24.0 Å². The molecule has 29 heavy (non-hydrogen) atoms. The third kappa shape index (κ3) is 5.35. The van der Waals surface area contributed by atoms with Gasteiger partial charge in [0.15, 0.2) is 5.78 Å². The highest BCUT2D eigenvalue weighted by atomic mass is 16.1. The van der Waals surface area contributed by atoms with Crippen LogP contribution in [-0.4, -0.2) is 28.7 Å². The van der Waals surface area contributed by atoms with Gasteiger partial charge in [-0.05, 0) is 42.2 Å². The Hall–Kier alpha value is -3.34. The number of carbonyl (C=O) groups excluding carboxylic acids is 2. The van der Waals surface area contributed by atoms with Crippen LogP contribution in [0.5, 0.6) is 0 Å². The zero-order chi connectivity index (χ0) is 20.6. The molecule has 0 unspecified atom stereocenters. The first-order valence-corrected chi connectivity index (χ1v) is 9.79. The van der Waals surface area contributed by atoms with Crippen LogP contribution in [0.3, 0.4) is 0 Å². The van der Waals surface area contributed by atoms with Crippen molar-refractivity contribution in [2.24, 2.45) is 0 Å². The van der Waals surface area contributed by atoms with Gasteiger partial charge >= 0.3 is 0 Å². The normalized spacial score (nSPS) is 11.7. The predicted octanol–water partition coefficient (Wildman–Crippen LogP) is 4.19. The third-order valence-corrected chi connectivity index (χ3v) is 4.96. The number of nitrogens with one attached hydrogen (secondary N) is 1. The van der Waals surface area contributed by atoms with E-state index in [4.69, 9.17) is 0 Å². The van der Waals surface area contributed by atoms with Crippen molar-refractivity contribution in [2.75, 3.05) is 7.05 Å². The molecule has 0 saturated heterocycles. The van der Waals surface area contributed by atoms with Gasteiger partial charge in [-0.1, -0.05) is 43.3 Å². The van der Waals surface area contributed by atoms with Crippen LogP contribution in [0.2, 0.25) is 0 Å². The molecular weight excluding hydrogens is 362 g/mol. The Morgan fingerprint density at radius 3 is 2.55 bits per heavy atom. The Kier molecular flexibility index (Phi) is 6.85. The maximum atomic E-state index is 12.8. The second-order valence-electron chi connectivity index (χ2n) is 7.02. The van der Waals surface area contributed by atoms with Crippen molar-refractivity contribution in [1.82, 2.24) is 15.3 Å². The first-order chi connectivity index (χ1) is 14.1. The first kappa shape index (κ1) is 20.4. The average Bonchev–Trinajstić information content (AvgIpc) is 2.79. The van der Waals surface area contributed by atoms with E-state index in [-0.39, 0.29) is 23.3 Å². The number of carbonyl (C=O) groups is 2. The molecule has 1 atom stereocenters. The van der Waals surface area contributed by atoms with E-state index in [1.807, 2.05) is 61.7 Å². The number of amides is 1. The molecule has 0 saturated carbocycles. The Morgan fingerprint density at radius 1 is 1.07 bits per heavy atom. The minimum absolute atomic E-state index is 0.0166. The smallest absolute Gasteiger partial charge is 0.269 e. The summed E-state index contributed by atoms with van der Waals surface area (Å²) in [5, 5.41) is 2.60. The van der Waals surface area contributed by atoms with Crippen molar-refractivity contribution in [3.8, 4) is 0 Å². The molecule has 0 spiro atoms. The molecule has 1 aromatic carbocycles. The van der Waals surface area contributed by atoms with E-state index >= 15 is 0 Å². The van der Waals surface area contributed by atoms with E-state index in [1.165, 1.54) is 0 Å². The van der Waals surface area contributed by atoms with Gasteiger partial charge in [0.05, 0.1) is 0 Å². The van der Waals surface area contributed by atoms with Crippen LogP contribution in [-0.2, 0) is 6.42 Å². The van der Waals surface area contributed by atoms with Gasteiger partial charge in [-0.3, -0.25) is 14.6 Å². The van der Waals surface area contributed by atoms with Gasteiger partial charge in [0.1, 0.15) is 5.69 Å². The minimum Gasteiger partial charge on any atom is -0.354 e. The number of benzene rings is 1. The lowest BCUT2D eigenvalue weighted by atomic mass is 9.94. The first-order valence-electron chi connectivity index (χ1n) is 9.79. The largest absolute Gasteiger partial charge is 0.354 e. The summed E-state index contributed by atoms with van der Waals surface area (Å²) < 4.78 is 0. The molecular formula is C24H25N3O2. The standard InChI is InChI=1S/C24H25N3O2/c1-17(19-10-4-3-5-11-19)21-14-20(15-22(27-21)24(29)25-2)23(28)12-6-8-18-9-7-13-26-16-18/h3-5,7,9-11,13-17H,6,8,12H2,1-2H3,(H,25,29)/t17-/m0/s1. The summed E-state index contributed by atoms with van der Waals surface area (Å²) in [6.45, 7) is 2.03. The van der Waals surface area contributed by atoms with Crippen LogP contribution in [0, 0.1) is 0 Å². The maximum absolute atomic E-state index is 12.8. The number of aryl methyl sites for hydroxylation is 1. The number of hydrogen-bond acceptors (Lipinski definition) is 4. The highest BCUT2D eigenvalue weighted by Gasteiger charge is 2.18. The number of Topliss-reactive ketones (excluding diaryl/α,β-unsaturated/α-hetero) is 1. The van der Waals surface area contributed by atoms with Gasteiger partial charge in [-0.25, -0.2) is 4.98 Å². The number of rotatable bonds is 8. The third-order valence-electron chi connectivity index (χ3n) is 4.96. The fourth-order valence-electron chi connectivity index (χ4n) is 3.24. The molecule has 0 bridgehead atoms. The topological polar surface area (TPSA) is 72.0 Å². The van der Waals surface area contributed by atoms with Crippen LogP contribution in [0.25, 0.3) is 0 Å². The summed E-state index contributed by atoms with van der Waals surface area (Å²) in [7, 11) is 1.56. The monoisotopic (exact) mass is 387 g/mol. The molecule has 5 heteroatoms. The van der Waals surface area contributed by atoms with Crippen molar-refractivity contribution < 1.29 is 9.59 Å². The van der Waals surface area contributed by atoms with Crippen molar-refractivity contribution in [3.63, 3.8) is 0 Å². The predicted molar refractivity (Wildman–Crippen MR) is 113 cm³/mol. The molecule has 3 aromatic rings. The van der Waals surface area contributed by atoms with E-state index in [2.05, 4.69) is 15.3 Å². The molecule has 0 fully saturated rings. The zero-order valence-corrected chi connectivity index (χ0v) is 16.8. The molecule has 1 N–H and O–H groups in total. The van der Waals surface area contributed by atoms with Crippen LogP contribution >= 0.6 is 0 Å². The highest BCUT2D eigenvalue weighted by Crippen LogP contribution is 2.24. The highest BCUT2D eigenvalue weighted by molar-refractivity contribution is 5.99. The summed E-state index contributed by atoms with van der Waals surface area (Å²) >= 11 is 0. The molecule has 2 aromatic heterocycles. The lowest BCUT2D eigenvalue weighted by Crippen LogP contribution is -2.21. The summed E-state index contributed by atoms with van der Waals surface area (Å²) in [5.41, 5.74) is 3.71. The Labute approximate surface area is 171 Å². The quantitative estimate of drug-likeness (QED) is 0.588. The SMILES string of the molecule is CNC(=O)c1cc(C(=O)CCCc2cccnc2)cc([C@@H](C)c2ccccc2)n1. The number of hydrogen-bond donors (Lipinski definition) is 1. The summed E-state index contributed by atoms with van der Waals surface area (Å²) in [6, 6.07) is 17.3. The molecule has 2 heterocycles. The molecule has 5 nitrogen and oxygen atoms in total. The number of pyridine rings is 2. The Morgan fingerprint density at radius 2 is 1.86 bits per heavy atom. The lowest BCUT2D eigenvalue weighted by molar-refractivity contribution is 0.0958. The Bertz CT molecular complexity index is 972. The molecule has 0 radical (unpaired) electrons. The van der Waals surface area contributed by atoms with Crippen molar-refractivity contribution in [3.05, 3.63) is 95.1 Å². The van der Waals surface area contributed by atoms with Gasteiger partial charge in [-0.2, -0.15) is 0 Å². The fraction of sp³-hybridized carbons (Fsp3) is 0.250. The summed E-state index contributed by atoms with van der Waals surface area (Å²) in [5.74, 6) is -0.303. The molecule has 148 valence electrons. The van der Waals surface area contributed by atoms with Crippen molar-refractivity contribution >= 4 is 11.7 Å². The zero-order valence-electron chi connectivity index (χ0n) is 16.8. The summed E-state index contributed by atoms with van der Waals surface area (Å²) in [4.78, 5) is 33.7. The van der Waals surface area contributed by atoms with Crippen LogP contribution in [0.1, 0.15) is 63.4 Å². The van der Waals surface area contributed by atoms with Gasteiger partial charge in [0.25, 0.3) is 5.91 Å². The van der Waals surface area contributed by atoms with Gasteiger partial charge in [-0.15, -0.1) is 0 Å². The van der Waals surface area contributed by atoms with Crippen molar-refractivity contribution in [2.45, 2.75) is 32.1 Å². The van der Waals surface area contributed by atoms with Gasteiger partial charge in [0, 0.05) is 43.0 Å². The van der Waals surface area contributed by atoms with Crippen LogP contribution in [0.4, 0.5) is 0 Å². The second-order valence-corrected chi connectivity index (χ2v) is 7.02. The van der Waals surface area contributed by atoms with Gasteiger partial charge < -0.3 is 5.32 Å². The van der Waals surface area contributed by atoms with Crippen LogP contribution < -0.4 is 5.32 Å². The van der Waals surface area contributed by atoms with Crippen LogP contribution in [0.15, 0.2) is 67.0 Å². The maximum Gasteiger partial charge on any atom is 0.269 e. The van der Waals surface area contributed by atoms with Crippen molar-refractivity contribution in [1.29, 1.82) is 0 Å². The molecule has 1 amide bonds. The lowest BCUT2D eigenvalue weighted by Gasteiger charge is -2.14. The minimum atomic E-state index is -0.295. The van der Waals surface area contributed by atoms with E-state index in [1.54, 1.807) is 19.3 Å². The van der Waals surface area contributed by atoms with Gasteiger partial charge in [0.2, 0.25) is 0 Å². The Balaban J connectivity index is 1.81.